The minimum Gasteiger partial charge on any atom is -0.507 e. The van der Waals surface area contributed by atoms with Gasteiger partial charge in [0, 0.05) is 13.1 Å². The molecule has 0 saturated heterocycles. The van der Waals surface area contributed by atoms with Gasteiger partial charge in [0.25, 0.3) is 0 Å². The number of aromatic hydroxyl groups is 1. The number of hydrogen-bond acceptors (Lipinski definition) is 5. The minimum absolute atomic E-state index is 0.0415. The number of phenols is 1. The summed E-state index contributed by atoms with van der Waals surface area (Å²) in [4.78, 5) is 11.2. The van der Waals surface area contributed by atoms with Crippen molar-refractivity contribution in [2.45, 2.75) is 32.6 Å². The van der Waals surface area contributed by atoms with Crippen molar-refractivity contribution in [2.75, 3.05) is 19.7 Å². The zero-order valence-electron chi connectivity index (χ0n) is 14.0. The number of allylic oxidation sites excluding steroid dienone is 1. The van der Waals surface area contributed by atoms with Crippen LogP contribution in [0.4, 0.5) is 0 Å². The molecule has 1 aromatic carbocycles. The quantitative estimate of drug-likeness (QED) is 0.785. The maximum atomic E-state index is 11.2. The molecule has 1 heterocycles. The van der Waals surface area contributed by atoms with Crippen LogP contribution in [0.5, 0.6) is 11.5 Å². The fraction of sp³-hybridized carbons (Fsp3) is 0.421. The lowest BCUT2D eigenvalue weighted by Gasteiger charge is -2.27. The first-order chi connectivity index (χ1) is 11.7. The van der Waals surface area contributed by atoms with E-state index in [0.29, 0.717) is 18.6 Å². The van der Waals surface area contributed by atoms with Crippen LogP contribution in [0, 0.1) is 0 Å². The van der Waals surface area contributed by atoms with E-state index >= 15 is 0 Å². The van der Waals surface area contributed by atoms with Crippen LogP contribution in [0.3, 0.4) is 0 Å². The van der Waals surface area contributed by atoms with Crippen LogP contribution in [-0.2, 0) is 0 Å². The predicted octanol–water partition coefficient (Wildman–Crippen LogP) is 3.18. The third kappa shape index (κ3) is 3.31. The lowest BCUT2D eigenvalue weighted by Crippen LogP contribution is -2.32. The molecule has 128 valence electrons. The van der Waals surface area contributed by atoms with E-state index in [0.717, 1.165) is 32.4 Å². The normalized spacial score (nSPS) is 17.9. The number of hydrazine groups is 1. The summed E-state index contributed by atoms with van der Waals surface area (Å²) in [5.74, 6) is 0.397. The molecule has 24 heavy (non-hydrogen) atoms. The van der Waals surface area contributed by atoms with Gasteiger partial charge in [0.15, 0.2) is 6.29 Å². The van der Waals surface area contributed by atoms with Gasteiger partial charge in [-0.2, -0.15) is 0 Å². The van der Waals surface area contributed by atoms with Crippen LogP contribution < -0.4 is 10.2 Å². The van der Waals surface area contributed by atoms with Gasteiger partial charge in [0.2, 0.25) is 0 Å². The first-order valence-electron chi connectivity index (χ1n) is 8.57. The number of nitrogens with zero attached hydrogens (tertiary/aromatic N) is 1. The molecule has 3 rings (SSSR count). The molecule has 0 unspecified atom stereocenters. The number of likely N-dealkylation sites (N-methyl/N-ethyl adjacent to an activating group) is 1. The number of hydrogen-bond donors (Lipinski definition) is 2. The number of carbonyl (C=O) groups excluding carboxylic acids is 1. The largest absolute Gasteiger partial charge is 0.507 e. The Kier molecular flexibility index (Phi) is 5.20. The molecule has 2 N–H and O–H groups in total. The molecule has 0 aromatic heterocycles. The van der Waals surface area contributed by atoms with Crippen molar-refractivity contribution in [1.82, 2.24) is 10.4 Å². The Hall–Kier alpha value is -2.27. The zero-order valence-corrected chi connectivity index (χ0v) is 14.0. The SMILES string of the molecule is CCN1NCC=C1C1=C(COc2cccc(O)c2C=O)CCCC1. The molecule has 0 fully saturated rings. The summed E-state index contributed by atoms with van der Waals surface area (Å²) < 4.78 is 5.89. The Labute approximate surface area is 142 Å². The smallest absolute Gasteiger partial charge is 0.157 e. The topological polar surface area (TPSA) is 61.8 Å². The molecule has 0 bridgehead atoms. The highest BCUT2D eigenvalue weighted by Crippen LogP contribution is 2.33. The van der Waals surface area contributed by atoms with Crippen molar-refractivity contribution < 1.29 is 14.6 Å². The highest BCUT2D eigenvalue weighted by Gasteiger charge is 2.23. The number of phenolic OH excluding ortho intramolecular Hbond substituents is 1. The molecule has 0 saturated carbocycles. The monoisotopic (exact) mass is 328 g/mol. The van der Waals surface area contributed by atoms with Gasteiger partial charge in [-0.05, 0) is 62.0 Å². The summed E-state index contributed by atoms with van der Waals surface area (Å²) in [5, 5.41) is 12.0. The van der Waals surface area contributed by atoms with Crippen molar-refractivity contribution >= 4 is 6.29 Å². The number of ether oxygens (including phenoxy) is 1. The second-order valence-corrected chi connectivity index (χ2v) is 6.08. The van der Waals surface area contributed by atoms with Crippen molar-refractivity contribution in [2.24, 2.45) is 0 Å². The van der Waals surface area contributed by atoms with E-state index in [1.54, 1.807) is 12.1 Å². The first-order valence-corrected chi connectivity index (χ1v) is 8.57. The number of benzene rings is 1. The zero-order chi connectivity index (χ0) is 16.9. The number of aldehydes is 1. The molecule has 5 heteroatoms. The molecule has 0 spiro atoms. The average molecular weight is 328 g/mol. The Bertz CT molecular complexity index is 679. The predicted molar refractivity (Wildman–Crippen MR) is 92.9 cm³/mol. The van der Waals surface area contributed by atoms with Gasteiger partial charge < -0.3 is 14.9 Å². The van der Waals surface area contributed by atoms with Crippen LogP contribution in [0.25, 0.3) is 0 Å². The van der Waals surface area contributed by atoms with E-state index in [1.807, 2.05) is 0 Å². The van der Waals surface area contributed by atoms with E-state index in [2.05, 4.69) is 23.4 Å². The van der Waals surface area contributed by atoms with E-state index in [-0.39, 0.29) is 11.3 Å². The molecule has 2 aliphatic rings. The highest BCUT2D eigenvalue weighted by molar-refractivity contribution is 5.83. The highest BCUT2D eigenvalue weighted by atomic mass is 16.5. The fourth-order valence-electron chi connectivity index (χ4n) is 3.39. The van der Waals surface area contributed by atoms with Crippen LogP contribution in [-0.4, -0.2) is 36.1 Å². The summed E-state index contributed by atoms with van der Waals surface area (Å²) in [5.41, 5.74) is 7.49. The molecule has 5 nitrogen and oxygen atoms in total. The fourth-order valence-corrected chi connectivity index (χ4v) is 3.39. The van der Waals surface area contributed by atoms with Gasteiger partial charge in [-0.1, -0.05) is 6.07 Å². The average Bonchev–Trinajstić information content (AvgIpc) is 3.08. The Morgan fingerprint density at radius 2 is 2.17 bits per heavy atom. The molecular weight excluding hydrogens is 304 g/mol. The second kappa shape index (κ2) is 7.53. The molecule has 0 amide bonds. The summed E-state index contributed by atoms with van der Waals surface area (Å²) in [6.07, 6.45) is 7.30. The number of rotatable bonds is 6. The lowest BCUT2D eigenvalue weighted by molar-refractivity contribution is 0.111. The molecule has 1 aliphatic heterocycles. The van der Waals surface area contributed by atoms with Crippen LogP contribution in [0.2, 0.25) is 0 Å². The van der Waals surface area contributed by atoms with Gasteiger partial charge in [-0.3, -0.25) is 4.79 Å². The molecule has 0 radical (unpaired) electrons. The number of carbonyl (C=O) groups is 1. The van der Waals surface area contributed by atoms with Crippen LogP contribution >= 0.6 is 0 Å². The summed E-state index contributed by atoms with van der Waals surface area (Å²) in [6, 6.07) is 4.91. The van der Waals surface area contributed by atoms with Crippen molar-refractivity contribution in [3.05, 3.63) is 46.7 Å². The third-order valence-electron chi connectivity index (χ3n) is 4.64. The van der Waals surface area contributed by atoms with Gasteiger partial charge in [0.05, 0.1) is 11.3 Å². The lowest BCUT2D eigenvalue weighted by atomic mass is 9.90. The van der Waals surface area contributed by atoms with Crippen LogP contribution in [0.15, 0.2) is 41.1 Å². The summed E-state index contributed by atoms with van der Waals surface area (Å²) in [6.45, 7) is 4.37. The summed E-state index contributed by atoms with van der Waals surface area (Å²) >= 11 is 0. The van der Waals surface area contributed by atoms with Gasteiger partial charge in [-0.15, -0.1) is 0 Å². The van der Waals surface area contributed by atoms with Gasteiger partial charge in [0.1, 0.15) is 18.1 Å². The Balaban J connectivity index is 1.82. The van der Waals surface area contributed by atoms with E-state index in [4.69, 9.17) is 4.74 Å². The number of nitrogens with one attached hydrogen (secondary N) is 1. The van der Waals surface area contributed by atoms with Crippen molar-refractivity contribution in [3.63, 3.8) is 0 Å². The van der Waals surface area contributed by atoms with E-state index in [9.17, 15) is 9.90 Å². The minimum atomic E-state index is -0.0415. The second-order valence-electron chi connectivity index (χ2n) is 6.08. The van der Waals surface area contributed by atoms with E-state index in [1.165, 1.54) is 29.3 Å². The first kappa shape index (κ1) is 16.6. The molecular formula is C19H24N2O3. The standard InChI is InChI=1S/C19H24N2O3/c1-2-21-17(10-11-20-21)15-7-4-3-6-14(15)13-24-19-9-5-8-18(23)16(19)12-22/h5,8-10,12,20,23H,2-4,6-7,11,13H2,1H3. The molecule has 1 aromatic rings. The summed E-state index contributed by atoms with van der Waals surface area (Å²) in [7, 11) is 0. The molecule has 1 aliphatic carbocycles. The van der Waals surface area contributed by atoms with Crippen LogP contribution in [0.1, 0.15) is 43.0 Å². The maximum absolute atomic E-state index is 11.2. The van der Waals surface area contributed by atoms with Crippen molar-refractivity contribution in [1.29, 1.82) is 0 Å². The third-order valence-corrected chi connectivity index (χ3v) is 4.64. The Morgan fingerprint density at radius 1 is 1.33 bits per heavy atom. The maximum Gasteiger partial charge on any atom is 0.157 e. The van der Waals surface area contributed by atoms with E-state index < -0.39 is 0 Å². The van der Waals surface area contributed by atoms with Gasteiger partial charge >= 0.3 is 0 Å². The molecule has 0 atom stereocenters. The van der Waals surface area contributed by atoms with Crippen molar-refractivity contribution in [3.8, 4) is 11.5 Å². The Morgan fingerprint density at radius 3 is 2.96 bits per heavy atom. The van der Waals surface area contributed by atoms with Gasteiger partial charge in [-0.25, -0.2) is 5.43 Å².